The SMILES string of the molecule is CCOc1ccc(N2C(=O)c3ccccc3[C@@H]2Nc2cccc(SC)c2)cc1. The smallest absolute Gasteiger partial charge is 0.260 e. The number of carbonyl (C=O) groups excluding carboxylic acids is 1. The molecule has 1 heterocycles. The number of anilines is 2. The van der Waals surface area contributed by atoms with E-state index in [4.69, 9.17) is 4.74 Å². The molecule has 0 saturated heterocycles. The minimum Gasteiger partial charge on any atom is -0.494 e. The van der Waals surface area contributed by atoms with E-state index in [1.165, 1.54) is 4.90 Å². The second-order valence-corrected chi connectivity index (χ2v) is 7.35. The van der Waals surface area contributed by atoms with Crippen LogP contribution in [0, 0.1) is 0 Å². The van der Waals surface area contributed by atoms with Crippen molar-refractivity contribution in [2.45, 2.75) is 18.0 Å². The van der Waals surface area contributed by atoms with Gasteiger partial charge in [-0.3, -0.25) is 9.69 Å². The van der Waals surface area contributed by atoms with Gasteiger partial charge < -0.3 is 10.1 Å². The normalized spacial score (nSPS) is 15.4. The molecule has 4 rings (SSSR count). The van der Waals surface area contributed by atoms with Crippen molar-refractivity contribution in [1.82, 2.24) is 0 Å². The zero-order valence-electron chi connectivity index (χ0n) is 15.9. The number of amides is 1. The molecule has 1 atom stereocenters. The van der Waals surface area contributed by atoms with Gasteiger partial charge in [0.25, 0.3) is 5.91 Å². The van der Waals surface area contributed by atoms with Crippen molar-refractivity contribution in [1.29, 1.82) is 0 Å². The minimum absolute atomic E-state index is 0.00159. The quantitative estimate of drug-likeness (QED) is 0.558. The highest BCUT2D eigenvalue weighted by atomic mass is 32.2. The Bertz CT molecular complexity index is 988. The molecule has 5 heteroatoms. The Morgan fingerprint density at radius 3 is 2.57 bits per heavy atom. The Kier molecular flexibility index (Phi) is 5.26. The van der Waals surface area contributed by atoms with E-state index in [1.54, 1.807) is 11.8 Å². The Labute approximate surface area is 169 Å². The van der Waals surface area contributed by atoms with Crippen molar-refractivity contribution in [3.05, 3.63) is 83.9 Å². The summed E-state index contributed by atoms with van der Waals surface area (Å²) in [6.07, 6.45) is 1.79. The molecule has 3 aromatic rings. The van der Waals surface area contributed by atoms with Crippen LogP contribution in [-0.4, -0.2) is 18.8 Å². The summed E-state index contributed by atoms with van der Waals surface area (Å²) in [5.74, 6) is 0.797. The van der Waals surface area contributed by atoms with Gasteiger partial charge in [-0.2, -0.15) is 0 Å². The van der Waals surface area contributed by atoms with E-state index in [0.29, 0.717) is 6.61 Å². The summed E-state index contributed by atoms with van der Waals surface area (Å²) in [7, 11) is 0. The lowest BCUT2D eigenvalue weighted by molar-refractivity contribution is 0.0993. The van der Waals surface area contributed by atoms with E-state index in [0.717, 1.165) is 28.3 Å². The van der Waals surface area contributed by atoms with E-state index in [9.17, 15) is 4.79 Å². The first-order valence-corrected chi connectivity index (χ1v) is 10.5. The molecule has 0 unspecified atom stereocenters. The summed E-state index contributed by atoms with van der Waals surface area (Å²) in [4.78, 5) is 16.2. The van der Waals surface area contributed by atoms with Gasteiger partial charge in [0.15, 0.2) is 0 Å². The molecule has 0 fully saturated rings. The highest BCUT2D eigenvalue weighted by Crippen LogP contribution is 2.38. The lowest BCUT2D eigenvalue weighted by Crippen LogP contribution is -2.32. The Balaban J connectivity index is 1.72. The molecule has 4 nitrogen and oxygen atoms in total. The van der Waals surface area contributed by atoms with Crippen LogP contribution >= 0.6 is 11.8 Å². The van der Waals surface area contributed by atoms with Gasteiger partial charge in [-0.1, -0.05) is 24.3 Å². The van der Waals surface area contributed by atoms with Crippen LogP contribution in [0.3, 0.4) is 0 Å². The second kappa shape index (κ2) is 7.98. The molecule has 1 N–H and O–H groups in total. The number of hydrogen-bond acceptors (Lipinski definition) is 4. The fraction of sp³-hybridized carbons (Fsp3) is 0.174. The van der Waals surface area contributed by atoms with Crippen molar-refractivity contribution < 1.29 is 9.53 Å². The van der Waals surface area contributed by atoms with E-state index < -0.39 is 0 Å². The summed E-state index contributed by atoms with van der Waals surface area (Å²) in [6.45, 7) is 2.57. The lowest BCUT2D eigenvalue weighted by atomic mass is 10.1. The first-order valence-electron chi connectivity index (χ1n) is 9.27. The molecule has 0 radical (unpaired) electrons. The topological polar surface area (TPSA) is 41.6 Å². The van der Waals surface area contributed by atoms with Gasteiger partial charge in [0, 0.05) is 27.4 Å². The highest BCUT2D eigenvalue weighted by Gasteiger charge is 2.37. The number of fused-ring (bicyclic) bond motifs is 1. The molecule has 0 bridgehead atoms. The zero-order valence-corrected chi connectivity index (χ0v) is 16.7. The fourth-order valence-electron chi connectivity index (χ4n) is 3.47. The molecule has 0 aliphatic carbocycles. The van der Waals surface area contributed by atoms with E-state index in [-0.39, 0.29) is 12.1 Å². The van der Waals surface area contributed by atoms with Gasteiger partial charge in [0.05, 0.1) is 6.61 Å². The maximum atomic E-state index is 13.2. The van der Waals surface area contributed by atoms with E-state index in [1.807, 2.05) is 72.5 Å². The molecule has 0 saturated carbocycles. The Hall–Kier alpha value is -2.92. The molecular formula is C23H22N2O2S. The van der Waals surface area contributed by atoms with Crippen molar-refractivity contribution in [3.63, 3.8) is 0 Å². The second-order valence-electron chi connectivity index (χ2n) is 6.47. The number of nitrogens with one attached hydrogen (secondary N) is 1. The predicted octanol–water partition coefficient (Wildman–Crippen LogP) is 5.58. The van der Waals surface area contributed by atoms with Crippen LogP contribution in [0.2, 0.25) is 0 Å². The molecule has 3 aromatic carbocycles. The predicted molar refractivity (Wildman–Crippen MR) is 115 cm³/mol. The van der Waals surface area contributed by atoms with E-state index >= 15 is 0 Å². The first kappa shape index (κ1) is 18.4. The van der Waals surface area contributed by atoms with Crippen LogP contribution < -0.4 is 15.0 Å². The van der Waals surface area contributed by atoms with Gasteiger partial charge >= 0.3 is 0 Å². The largest absolute Gasteiger partial charge is 0.494 e. The number of nitrogens with zero attached hydrogens (tertiary/aromatic N) is 1. The highest BCUT2D eigenvalue weighted by molar-refractivity contribution is 7.98. The number of carbonyl (C=O) groups is 1. The number of rotatable bonds is 6. The van der Waals surface area contributed by atoms with Crippen molar-refractivity contribution in [2.24, 2.45) is 0 Å². The fourth-order valence-corrected chi connectivity index (χ4v) is 3.92. The number of ether oxygens (including phenoxy) is 1. The minimum atomic E-state index is -0.265. The van der Waals surface area contributed by atoms with E-state index in [2.05, 4.69) is 23.7 Å². The van der Waals surface area contributed by atoms with Gasteiger partial charge in [-0.25, -0.2) is 0 Å². The third-order valence-electron chi connectivity index (χ3n) is 4.76. The average Bonchev–Trinajstić information content (AvgIpc) is 3.01. The summed E-state index contributed by atoms with van der Waals surface area (Å²) in [6, 6.07) is 23.7. The monoisotopic (exact) mass is 390 g/mol. The summed E-state index contributed by atoms with van der Waals surface area (Å²) >= 11 is 1.70. The average molecular weight is 391 g/mol. The first-order chi connectivity index (χ1) is 13.7. The third kappa shape index (κ3) is 3.45. The number of hydrogen-bond donors (Lipinski definition) is 1. The maximum Gasteiger partial charge on any atom is 0.260 e. The van der Waals surface area contributed by atoms with Crippen molar-refractivity contribution >= 4 is 29.0 Å². The van der Waals surface area contributed by atoms with Crippen LogP contribution in [0.1, 0.15) is 29.0 Å². The van der Waals surface area contributed by atoms with Crippen molar-refractivity contribution in [3.8, 4) is 5.75 Å². The van der Waals surface area contributed by atoms with Crippen LogP contribution in [-0.2, 0) is 0 Å². The number of benzene rings is 3. The van der Waals surface area contributed by atoms with Crippen LogP contribution in [0.15, 0.2) is 77.7 Å². The molecule has 0 spiro atoms. The number of thioether (sulfide) groups is 1. The Morgan fingerprint density at radius 2 is 1.82 bits per heavy atom. The van der Waals surface area contributed by atoms with Gasteiger partial charge in [-0.15, -0.1) is 11.8 Å². The molecule has 1 amide bonds. The van der Waals surface area contributed by atoms with Gasteiger partial charge in [-0.05, 0) is 61.7 Å². The Morgan fingerprint density at radius 1 is 1.04 bits per heavy atom. The maximum absolute atomic E-state index is 13.2. The standard InChI is InChI=1S/C23H22N2O2S/c1-3-27-18-13-11-17(12-14-18)25-22(20-9-4-5-10-21(20)23(25)26)24-16-7-6-8-19(15-16)28-2/h4-15,22,24H,3H2,1-2H3/t22-/m1/s1. The van der Waals surface area contributed by atoms with Crippen molar-refractivity contribution in [2.75, 3.05) is 23.1 Å². The van der Waals surface area contributed by atoms with Gasteiger partial charge in [0.1, 0.15) is 11.9 Å². The molecule has 0 aromatic heterocycles. The zero-order chi connectivity index (χ0) is 19.5. The molecule has 1 aliphatic rings. The van der Waals surface area contributed by atoms with Crippen LogP contribution in [0.5, 0.6) is 5.75 Å². The molecule has 1 aliphatic heterocycles. The third-order valence-corrected chi connectivity index (χ3v) is 5.49. The molecular weight excluding hydrogens is 368 g/mol. The molecule has 28 heavy (non-hydrogen) atoms. The van der Waals surface area contributed by atoms with Crippen LogP contribution in [0.4, 0.5) is 11.4 Å². The van der Waals surface area contributed by atoms with Crippen LogP contribution in [0.25, 0.3) is 0 Å². The molecule has 142 valence electrons. The summed E-state index contributed by atoms with van der Waals surface area (Å²) < 4.78 is 5.54. The van der Waals surface area contributed by atoms with Gasteiger partial charge in [0.2, 0.25) is 0 Å². The summed E-state index contributed by atoms with van der Waals surface area (Å²) in [5, 5.41) is 3.55. The lowest BCUT2D eigenvalue weighted by Gasteiger charge is -2.27. The summed E-state index contributed by atoms with van der Waals surface area (Å²) in [5.41, 5.74) is 3.53.